The smallest absolute Gasteiger partial charge is 0.260 e. The Morgan fingerprint density at radius 1 is 1.19 bits per heavy atom. The van der Waals surface area contributed by atoms with Crippen molar-refractivity contribution in [3.8, 4) is 11.5 Å². The summed E-state index contributed by atoms with van der Waals surface area (Å²) in [5.74, 6) is 1.79. The molecule has 7 nitrogen and oxygen atoms in total. The maximum atomic E-state index is 12.2. The van der Waals surface area contributed by atoms with E-state index in [1.54, 1.807) is 32.6 Å². The van der Waals surface area contributed by atoms with Gasteiger partial charge in [0, 0.05) is 0 Å². The molecule has 1 aromatic heterocycles. The lowest BCUT2D eigenvalue weighted by molar-refractivity contribution is -0.121. The minimum Gasteiger partial charge on any atom is -0.493 e. The number of carbonyl (C=O) groups excluding carboxylic acids is 1. The van der Waals surface area contributed by atoms with E-state index in [1.165, 1.54) is 0 Å². The van der Waals surface area contributed by atoms with E-state index in [-0.39, 0.29) is 12.5 Å². The highest BCUT2D eigenvalue weighted by molar-refractivity contribution is 5.84. The second kappa shape index (κ2) is 7.69. The van der Waals surface area contributed by atoms with Gasteiger partial charge < -0.3 is 14.0 Å². The first-order valence-electron chi connectivity index (χ1n) is 8.08. The fourth-order valence-electron chi connectivity index (χ4n) is 2.69. The van der Waals surface area contributed by atoms with Crippen LogP contribution >= 0.6 is 0 Å². The SMILES string of the molecule is COc1ccc(C=NNC(=O)Cn2c(C)nc3ccccc32)cc1OC. The third kappa shape index (κ3) is 3.66. The predicted octanol–water partition coefficient (Wildman–Crippen LogP) is 2.51. The molecule has 0 saturated heterocycles. The Morgan fingerprint density at radius 3 is 2.73 bits per heavy atom. The topological polar surface area (TPSA) is 77.7 Å². The fraction of sp³-hybridized carbons (Fsp3) is 0.211. The zero-order chi connectivity index (χ0) is 18.5. The van der Waals surface area contributed by atoms with Gasteiger partial charge in [-0.15, -0.1) is 0 Å². The summed E-state index contributed by atoms with van der Waals surface area (Å²) >= 11 is 0. The molecular weight excluding hydrogens is 332 g/mol. The molecule has 0 spiro atoms. The van der Waals surface area contributed by atoms with Gasteiger partial charge >= 0.3 is 0 Å². The van der Waals surface area contributed by atoms with Crippen molar-refractivity contribution in [2.24, 2.45) is 5.10 Å². The van der Waals surface area contributed by atoms with Crippen molar-refractivity contribution in [3.63, 3.8) is 0 Å². The number of methoxy groups -OCH3 is 2. The van der Waals surface area contributed by atoms with E-state index < -0.39 is 0 Å². The molecule has 0 fully saturated rings. The van der Waals surface area contributed by atoms with Crippen molar-refractivity contribution in [1.29, 1.82) is 0 Å². The van der Waals surface area contributed by atoms with Gasteiger partial charge in [-0.25, -0.2) is 10.4 Å². The highest BCUT2D eigenvalue weighted by Gasteiger charge is 2.10. The van der Waals surface area contributed by atoms with Gasteiger partial charge in [-0.3, -0.25) is 4.79 Å². The van der Waals surface area contributed by atoms with Gasteiger partial charge in [-0.2, -0.15) is 5.10 Å². The van der Waals surface area contributed by atoms with E-state index in [0.717, 1.165) is 22.4 Å². The number of fused-ring (bicyclic) bond motifs is 1. The van der Waals surface area contributed by atoms with E-state index in [1.807, 2.05) is 41.8 Å². The molecule has 0 aliphatic rings. The molecular formula is C19H20N4O3. The zero-order valence-corrected chi connectivity index (χ0v) is 14.9. The quantitative estimate of drug-likeness (QED) is 0.546. The molecule has 3 aromatic rings. The lowest BCUT2D eigenvalue weighted by Gasteiger charge is -2.07. The minimum absolute atomic E-state index is 0.148. The fourth-order valence-corrected chi connectivity index (χ4v) is 2.69. The lowest BCUT2D eigenvalue weighted by Crippen LogP contribution is -2.23. The van der Waals surface area contributed by atoms with Crippen molar-refractivity contribution in [3.05, 3.63) is 53.9 Å². The number of hydrazone groups is 1. The number of benzene rings is 2. The zero-order valence-electron chi connectivity index (χ0n) is 14.9. The molecule has 0 aliphatic carbocycles. The molecule has 26 heavy (non-hydrogen) atoms. The van der Waals surface area contributed by atoms with Crippen molar-refractivity contribution < 1.29 is 14.3 Å². The summed E-state index contributed by atoms with van der Waals surface area (Å²) in [5.41, 5.74) is 5.11. The standard InChI is InChI=1S/C19H20N4O3/c1-13-21-15-6-4-5-7-16(15)23(13)12-19(24)22-20-11-14-8-9-17(25-2)18(10-14)26-3/h4-11H,12H2,1-3H3,(H,22,24). The van der Waals surface area contributed by atoms with Gasteiger partial charge in [0.2, 0.25) is 0 Å². The van der Waals surface area contributed by atoms with Crippen LogP contribution in [0.1, 0.15) is 11.4 Å². The van der Waals surface area contributed by atoms with Crippen LogP contribution in [0.4, 0.5) is 0 Å². The van der Waals surface area contributed by atoms with E-state index in [2.05, 4.69) is 15.5 Å². The summed E-state index contributed by atoms with van der Waals surface area (Å²) in [4.78, 5) is 16.7. The number of rotatable bonds is 6. The first kappa shape index (κ1) is 17.5. The molecule has 0 atom stereocenters. The number of imidazole rings is 1. The maximum absolute atomic E-state index is 12.2. The Kier molecular flexibility index (Phi) is 5.17. The average Bonchev–Trinajstić information content (AvgIpc) is 2.97. The number of aromatic nitrogens is 2. The number of para-hydroxylation sites is 2. The van der Waals surface area contributed by atoms with Crippen molar-refractivity contribution in [2.75, 3.05) is 14.2 Å². The first-order valence-corrected chi connectivity index (χ1v) is 8.08. The molecule has 3 rings (SSSR count). The van der Waals surface area contributed by atoms with Crippen molar-refractivity contribution in [2.45, 2.75) is 13.5 Å². The Morgan fingerprint density at radius 2 is 1.96 bits per heavy atom. The summed E-state index contributed by atoms with van der Waals surface area (Å²) in [6.07, 6.45) is 1.55. The van der Waals surface area contributed by atoms with Gasteiger partial charge in [-0.1, -0.05) is 12.1 Å². The van der Waals surface area contributed by atoms with Crippen LogP contribution in [0.5, 0.6) is 11.5 Å². The number of ether oxygens (including phenoxy) is 2. The summed E-state index contributed by atoms with van der Waals surface area (Å²) in [7, 11) is 3.14. The predicted molar refractivity (Wildman–Crippen MR) is 99.8 cm³/mol. The highest BCUT2D eigenvalue weighted by Crippen LogP contribution is 2.26. The van der Waals surface area contributed by atoms with E-state index in [4.69, 9.17) is 9.47 Å². The lowest BCUT2D eigenvalue weighted by atomic mass is 10.2. The molecule has 7 heteroatoms. The molecule has 0 unspecified atom stereocenters. The van der Waals surface area contributed by atoms with Crippen LogP contribution in [0.25, 0.3) is 11.0 Å². The molecule has 1 heterocycles. The molecule has 1 N–H and O–H groups in total. The normalized spacial score (nSPS) is 11.0. The van der Waals surface area contributed by atoms with Crippen LogP contribution in [-0.2, 0) is 11.3 Å². The summed E-state index contributed by atoms with van der Waals surface area (Å²) in [6, 6.07) is 13.1. The summed E-state index contributed by atoms with van der Waals surface area (Å²) < 4.78 is 12.3. The maximum Gasteiger partial charge on any atom is 0.260 e. The van der Waals surface area contributed by atoms with Gasteiger partial charge in [0.05, 0.1) is 31.5 Å². The second-order valence-electron chi connectivity index (χ2n) is 5.64. The molecule has 1 amide bonds. The molecule has 134 valence electrons. The van der Waals surface area contributed by atoms with E-state index >= 15 is 0 Å². The van der Waals surface area contributed by atoms with Crippen molar-refractivity contribution >= 4 is 23.2 Å². The van der Waals surface area contributed by atoms with Crippen LogP contribution in [0, 0.1) is 6.92 Å². The summed E-state index contributed by atoms with van der Waals surface area (Å²) in [6.45, 7) is 2.02. The van der Waals surface area contributed by atoms with Gasteiger partial charge in [-0.05, 0) is 42.8 Å². The average molecular weight is 352 g/mol. The van der Waals surface area contributed by atoms with Crippen LogP contribution < -0.4 is 14.9 Å². The minimum atomic E-state index is -0.229. The third-order valence-electron chi connectivity index (χ3n) is 3.96. The number of nitrogens with one attached hydrogen (secondary N) is 1. The van der Waals surface area contributed by atoms with Crippen LogP contribution in [0.2, 0.25) is 0 Å². The molecule has 0 saturated carbocycles. The second-order valence-corrected chi connectivity index (χ2v) is 5.64. The largest absolute Gasteiger partial charge is 0.493 e. The molecule has 0 bridgehead atoms. The van der Waals surface area contributed by atoms with Crippen LogP contribution in [-0.4, -0.2) is 35.9 Å². The number of aryl methyl sites for hydroxylation is 1. The Bertz CT molecular complexity index is 963. The molecule has 2 aromatic carbocycles. The number of carbonyl (C=O) groups is 1. The molecule has 0 radical (unpaired) electrons. The monoisotopic (exact) mass is 352 g/mol. The van der Waals surface area contributed by atoms with Crippen LogP contribution in [0.15, 0.2) is 47.6 Å². The van der Waals surface area contributed by atoms with E-state index in [9.17, 15) is 4.79 Å². The number of nitrogens with zero attached hydrogens (tertiary/aromatic N) is 3. The summed E-state index contributed by atoms with van der Waals surface area (Å²) in [5, 5.41) is 4.01. The Balaban J connectivity index is 1.67. The Labute approximate surface area is 151 Å². The van der Waals surface area contributed by atoms with E-state index in [0.29, 0.717) is 11.5 Å². The highest BCUT2D eigenvalue weighted by atomic mass is 16.5. The Hall–Kier alpha value is -3.35. The van der Waals surface area contributed by atoms with Crippen molar-refractivity contribution in [1.82, 2.24) is 15.0 Å². The first-order chi connectivity index (χ1) is 12.6. The van der Waals surface area contributed by atoms with Crippen LogP contribution in [0.3, 0.4) is 0 Å². The van der Waals surface area contributed by atoms with Gasteiger partial charge in [0.1, 0.15) is 12.4 Å². The molecule has 0 aliphatic heterocycles. The third-order valence-corrected chi connectivity index (χ3v) is 3.96. The van der Waals surface area contributed by atoms with Gasteiger partial charge in [0.25, 0.3) is 5.91 Å². The number of amides is 1. The van der Waals surface area contributed by atoms with Gasteiger partial charge in [0.15, 0.2) is 11.5 Å². The number of hydrogen-bond acceptors (Lipinski definition) is 5. The number of hydrogen-bond donors (Lipinski definition) is 1.